The third kappa shape index (κ3) is 31.0. The molecule has 0 bridgehead atoms. The molecule has 0 radical (unpaired) electrons. The van der Waals surface area contributed by atoms with E-state index in [0.29, 0.717) is 25.4 Å². The van der Waals surface area contributed by atoms with E-state index in [0.717, 1.165) is 89.8 Å². The highest BCUT2D eigenvalue weighted by Crippen LogP contribution is 2.42. The molecule has 0 aromatic rings. The van der Waals surface area contributed by atoms with Gasteiger partial charge < -0.3 is 19.5 Å². The maximum Gasteiger partial charge on any atom is 0.306 e. The van der Waals surface area contributed by atoms with E-state index < -0.39 is 0 Å². The van der Waals surface area contributed by atoms with Crippen LogP contribution in [0.25, 0.3) is 0 Å². The zero-order chi connectivity index (χ0) is 37.0. The highest BCUT2D eigenvalue weighted by Gasteiger charge is 2.37. The molecule has 1 aliphatic rings. The minimum Gasteiger partial charge on any atom is -0.465 e. The number of hydrogen-bond donors (Lipinski definition) is 1. The molecule has 6 nitrogen and oxygen atoms in total. The Balaban J connectivity index is 2.07. The first kappa shape index (κ1) is 47.9. The van der Waals surface area contributed by atoms with Crippen molar-refractivity contribution >= 4 is 11.9 Å². The van der Waals surface area contributed by atoms with Gasteiger partial charge in [-0.25, -0.2) is 0 Å². The lowest BCUT2D eigenvalue weighted by molar-refractivity contribution is -0.150. The van der Waals surface area contributed by atoms with Gasteiger partial charge in [-0.3, -0.25) is 9.59 Å². The highest BCUT2D eigenvalue weighted by molar-refractivity contribution is 5.69. The average molecular weight is 722 g/mol. The zero-order valence-electron chi connectivity index (χ0n) is 34.4. The van der Waals surface area contributed by atoms with E-state index in [4.69, 9.17) is 9.47 Å². The zero-order valence-corrected chi connectivity index (χ0v) is 34.4. The Labute approximate surface area is 317 Å². The Hall–Kier alpha value is -1.14. The van der Waals surface area contributed by atoms with Crippen LogP contribution in [0.15, 0.2) is 0 Å². The number of esters is 2. The minimum atomic E-state index is -0.00747. The van der Waals surface area contributed by atoms with Crippen molar-refractivity contribution < 1.29 is 24.2 Å². The molecule has 1 rings (SSSR count). The molecule has 6 heteroatoms. The molecule has 0 amide bonds. The summed E-state index contributed by atoms with van der Waals surface area (Å²) in [5, 5.41) is 9.56. The number of unbranched alkanes of at least 4 members (excludes halogenated alkanes) is 21. The second-order valence-corrected chi connectivity index (χ2v) is 16.1. The molecule has 0 aromatic heterocycles. The van der Waals surface area contributed by atoms with Crippen molar-refractivity contribution in [1.82, 2.24) is 4.90 Å². The first-order valence-electron chi connectivity index (χ1n) is 22.7. The summed E-state index contributed by atoms with van der Waals surface area (Å²) in [5.74, 6) is 1.44. The second kappa shape index (κ2) is 35.9. The molecule has 1 saturated carbocycles. The summed E-state index contributed by atoms with van der Waals surface area (Å²) >= 11 is 0. The number of nitrogens with zero attached hydrogens (tertiary/aromatic N) is 1. The smallest absolute Gasteiger partial charge is 0.306 e. The van der Waals surface area contributed by atoms with Crippen molar-refractivity contribution in [1.29, 1.82) is 0 Å². The number of carbonyl (C=O) groups excluding carboxylic acids is 2. The van der Waals surface area contributed by atoms with Gasteiger partial charge in [-0.1, -0.05) is 156 Å². The van der Waals surface area contributed by atoms with E-state index >= 15 is 0 Å². The Morgan fingerprint density at radius 3 is 1.53 bits per heavy atom. The van der Waals surface area contributed by atoms with Crippen molar-refractivity contribution in [3.05, 3.63) is 0 Å². The molecule has 2 atom stereocenters. The fourth-order valence-corrected chi connectivity index (χ4v) is 7.53. The fraction of sp³-hybridized carbons (Fsp3) is 0.956. The van der Waals surface area contributed by atoms with Gasteiger partial charge in [0.1, 0.15) is 6.10 Å². The van der Waals surface area contributed by atoms with Crippen molar-refractivity contribution in [2.24, 2.45) is 11.8 Å². The lowest BCUT2D eigenvalue weighted by Gasteiger charge is -2.21. The van der Waals surface area contributed by atoms with Gasteiger partial charge in [0.2, 0.25) is 0 Å². The van der Waals surface area contributed by atoms with Crippen molar-refractivity contribution in [3.63, 3.8) is 0 Å². The van der Waals surface area contributed by atoms with Crippen LogP contribution in [0, 0.1) is 11.8 Å². The fourth-order valence-electron chi connectivity index (χ4n) is 7.53. The molecule has 0 saturated heterocycles. The maximum absolute atomic E-state index is 12.7. The molecule has 2 unspecified atom stereocenters. The Kier molecular flexibility index (Phi) is 33.7. The van der Waals surface area contributed by atoms with Crippen LogP contribution in [0.1, 0.15) is 226 Å². The van der Waals surface area contributed by atoms with Crippen molar-refractivity contribution in [2.75, 3.05) is 32.8 Å². The summed E-state index contributed by atoms with van der Waals surface area (Å²) in [5.41, 5.74) is 0. The van der Waals surface area contributed by atoms with Crippen molar-refractivity contribution in [2.45, 2.75) is 232 Å². The minimum absolute atomic E-state index is 0.00747. The van der Waals surface area contributed by atoms with E-state index in [1.54, 1.807) is 0 Å². The molecular formula is C45H87NO5. The summed E-state index contributed by atoms with van der Waals surface area (Å²) in [6.07, 6.45) is 37.6. The number of rotatable bonds is 40. The molecule has 1 fully saturated rings. The van der Waals surface area contributed by atoms with Gasteiger partial charge in [0, 0.05) is 19.4 Å². The van der Waals surface area contributed by atoms with Crippen LogP contribution in [-0.2, 0) is 19.1 Å². The largest absolute Gasteiger partial charge is 0.465 e. The third-order valence-corrected chi connectivity index (χ3v) is 11.1. The lowest BCUT2D eigenvalue weighted by Crippen LogP contribution is -2.29. The van der Waals surface area contributed by atoms with Crippen LogP contribution in [0.4, 0.5) is 0 Å². The van der Waals surface area contributed by atoms with E-state index in [2.05, 4.69) is 25.7 Å². The van der Waals surface area contributed by atoms with Crippen LogP contribution in [-0.4, -0.2) is 60.9 Å². The predicted octanol–water partition coefficient (Wildman–Crippen LogP) is 12.5. The molecule has 0 spiro atoms. The normalized spacial score (nSPS) is 15.6. The number of aliphatic hydroxyl groups is 1. The van der Waals surface area contributed by atoms with Crippen LogP contribution in [0.3, 0.4) is 0 Å². The molecular weight excluding hydrogens is 634 g/mol. The van der Waals surface area contributed by atoms with Crippen LogP contribution in [0.2, 0.25) is 0 Å². The van der Waals surface area contributed by atoms with E-state index in [1.165, 1.54) is 128 Å². The lowest BCUT2D eigenvalue weighted by atomic mass is 10.0. The van der Waals surface area contributed by atoms with Gasteiger partial charge in [-0.15, -0.1) is 0 Å². The molecule has 51 heavy (non-hydrogen) atoms. The summed E-state index contributed by atoms with van der Waals surface area (Å²) in [6, 6.07) is 0. The predicted molar refractivity (Wildman–Crippen MR) is 216 cm³/mol. The Bertz CT molecular complexity index is 760. The van der Waals surface area contributed by atoms with Gasteiger partial charge in [0.25, 0.3) is 0 Å². The molecule has 302 valence electrons. The number of aliphatic hydroxyl groups excluding tert-OH is 1. The summed E-state index contributed by atoms with van der Waals surface area (Å²) in [4.78, 5) is 27.2. The average Bonchev–Trinajstić information content (AvgIpc) is 3.89. The molecule has 1 aliphatic carbocycles. The van der Waals surface area contributed by atoms with Gasteiger partial charge in [-0.05, 0) is 82.7 Å². The van der Waals surface area contributed by atoms with Crippen LogP contribution < -0.4 is 0 Å². The van der Waals surface area contributed by atoms with E-state index in [9.17, 15) is 14.7 Å². The molecule has 0 heterocycles. The number of carbonyl (C=O) groups is 2. The van der Waals surface area contributed by atoms with Crippen LogP contribution in [0.5, 0.6) is 0 Å². The summed E-state index contributed by atoms with van der Waals surface area (Å²) < 4.78 is 11.6. The molecule has 1 N–H and O–H groups in total. The number of ether oxygens (including phenoxy) is 2. The quantitative estimate of drug-likeness (QED) is 0.0501. The molecule has 0 aromatic carbocycles. The van der Waals surface area contributed by atoms with Crippen LogP contribution >= 0.6 is 0 Å². The van der Waals surface area contributed by atoms with E-state index in [-0.39, 0.29) is 24.6 Å². The first-order valence-corrected chi connectivity index (χ1v) is 22.7. The van der Waals surface area contributed by atoms with E-state index in [1.807, 2.05) is 0 Å². The standard InChI is InChI=1S/C45H87NO5/c1-4-7-10-13-17-24-31-43(32-25-18-14-11-8-5-2)51-45(49)34-27-20-16-22-29-36-46(37-38-47)35-28-21-15-19-26-33-44(48)50-40-42-39-41(42)30-23-12-9-6-3/h41-43,47H,4-40H2,1-3H3. The second-order valence-electron chi connectivity index (χ2n) is 16.1. The summed E-state index contributed by atoms with van der Waals surface area (Å²) in [6.45, 7) is 10.5. The Morgan fingerprint density at radius 2 is 1.00 bits per heavy atom. The highest BCUT2D eigenvalue weighted by atomic mass is 16.5. The van der Waals surface area contributed by atoms with Gasteiger partial charge >= 0.3 is 11.9 Å². The third-order valence-electron chi connectivity index (χ3n) is 11.1. The number of hydrogen-bond acceptors (Lipinski definition) is 6. The summed E-state index contributed by atoms with van der Waals surface area (Å²) in [7, 11) is 0. The topological polar surface area (TPSA) is 76.1 Å². The van der Waals surface area contributed by atoms with Gasteiger partial charge in [0.05, 0.1) is 13.2 Å². The van der Waals surface area contributed by atoms with Gasteiger partial charge in [-0.2, -0.15) is 0 Å². The first-order chi connectivity index (χ1) is 25.0. The SMILES string of the molecule is CCCCCCCCC(CCCCCCCC)OC(=O)CCCCCCCN(CCO)CCCCCCCC(=O)OCC1CC1CCCCCC. The molecule has 0 aliphatic heterocycles. The maximum atomic E-state index is 12.7. The van der Waals surface area contributed by atoms with Crippen molar-refractivity contribution in [3.8, 4) is 0 Å². The van der Waals surface area contributed by atoms with Gasteiger partial charge in [0.15, 0.2) is 0 Å². The Morgan fingerprint density at radius 1 is 0.549 bits per heavy atom. The monoisotopic (exact) mass is 722 g/mol.